The third-order valence-electron chi connectivity index (χ3n) is 10.5. The zero-order valence-corrected chi connectivity index (χ0v) is 27.5. The monoisotopic (exact) mass is 654 g/mol. The van der Waals surface area contributed by atoms with Crippen molar-refractivity contribution >= 4 is 55.0 Å². The van der Waals surface area contributed by atoms with Gasteiger partial charge in [0.1, 0.15) is 0 Å². The maximum absolute atomic E-state index is 5.38. The fourth-order valence-electron chi connectivity index (χ4n) is 8.39. The van der Waals surface area contributed by atoms with Crippen molar-refractivity contribution in [3.05, 3.63) is 175 Å². The number of aromatic nitrogens is 5. The molecular weight excluding hydrogens is 625 g/mol. The lowest BCUT2D eigenvalue weighted by molar-refractivity contribution is 0.745. The number of anilines is 2. The molecule has 0 N–H and O–H groups in total. The third kappa shape index (κ3) is 4.07. The van der Waals surface area contributed by atoms with E-state index in [2.05, 4.69) is 184 Å². The largest absolute Gasteiger partial charge is 0.333 e. The van der Waals surface area contributed by atoms with Gasteiger partial charge < -0.3 is 4.90 Å². The van der Waals surface area contributed by atoms with E-state index in [1.54, 1.807) is 0 Å². The van der Waals surface area contributed by atoms with Crippen LogP contribution in [0.2, 0.25) is 0 Å². The first-order valence-corrected chi connectivity index (χ1v) is 17.4. The SMILES string of the molecule is C1=CC2c3ccccc3N(c3ccccc3-c3nc(-n4c5ccccc5c5ccccc54)nc(-n4c5ccccc5c5ccccc54)n3)C2C=C1. The first-order valence-electron chi connectivity index (χ1n) is 17.4. The minimum absolute atomic E-state index is 0.143. The highest BCUT2D eigenvalue weighted by molar-refractivity contribution is 6.10. The van der Waals surface area contributed by atoms with Crippen molar-refractivity contribution in [2.75, 3.05) is 4.90 Å². The van der Waals surface area contributed by atoms with Crippen LogP contribution in [-0.2, 0) is 0 Å². The van der Waals surface area contributed by atoms with Gasteiger partial charge >= 0.3 is 0 Å². The Morgan fingerprint density at radius 1 is 0.412 bits per heavy atom. The van der Waals surface area contributed by atoms with Crippen LogP contribution in [0.3, 0.4) is 0 Å². The van der Waals surface area contributed by atoms with Gasteiger partial charge in [-0.3, -0.25) is 9.13 Å². The summed E-state index contributed by atoms with van der Waals surface area (Å²) in [6.45, 7) is 0. The van der Waals surface area contributed by atoms with Gasteiger partial charge in [0, 0.05) is 38.7 Å². The van der Waals surface area contributed by atoms with Crippen LogP contribution in [0, 0.1) is 0 Å². The van der Waals surface area contributed by atoms with Gasteiger partial charge in [0.2, 0.25) is 11.9 Å². The Kier molecular flexibility index (Phi) is 5.98. The Morgan fingerprint density at radius 2 is 0.863 bits per heavy atom. The van der Waals surface area contributed by atoms with Crippen molar-refractivity contribution in [2.45, 2.75) is 12.0 Å². The van der Waals surface area contributed by atoms with Gasteiger partial charge in [-0.15, -0.1) is 0 Å². The molecule has 6 heteroatoms. The van der Waals surface area contributed by atoms with Gasteiger partial charge in [-0.1, -0.05) is 127 Å². The van der Waals surface area contributed by atoms with Crippen molar-refractivity contribution in [2.24, 2.45) is 0 Å². The molecule has 6 aromatic carbocycles. The normalized spacial score (nSPS) is 16.4. The number of hydrogen-bond acceptors (Lipinski definition) is 4. The predicted octanol–water partition coefficient (Wildman–Crippen LogP) is 10.5. The first kappa shape index (κ1) is 28.1. The van der Waals surface area contributed by atoms with Crippen LogP contribution in [0.4, 0.5) is 11.4 Å². The standard InChI is InChI=1S/C45H30N6/c1-8-22-36-29(15-1)30-16-2-9-23-37(30)49(36)42-28-14-7-21-35(42)43-46-44(50-38-24-10-3-17-31(38)32-18-4-11-25-39(32)50)48-45(47-43)51-40-26-12-5-19-33(40)34-20-6-13-27-41(34)51/h1-29,36H. The maximum atomic E-state index is 5.38. The van der Waals surface area contributed by atoms with Gasteiger partial charge in [-0.2, -0.15) is 15.0 Å². The van der Waals surface area contributed by atoms with E-state index in [-0.39, 0.29) is 12.0 Å². The molecule has 0 fully saturated rings. The molecule has 1 aliphatic heterocycles. The van der Waals surface area contributed by atoms with E-state index in [0.717, 1.165) is 54.9 Å². The summed E-state index contributed by atoms with van der Waals surface area (Å²) < 4.78 is 4.37. The fraction of sp³-hybridized carbons (Fsp3) is 0.0444. The Morgan fingerprint density at radius 3 is 1.43 bits per heavy atom. The van der Waals surface area contributed by atoms with Crippen molar-refractivity contribution in [1.82, 2.24) is 24.1 Å². The molecule has 51 heavy (non-hydrogen) atoms. The van der Waals surface area contributed by atoms with Crippen molar-refractivity contribution in [3.63, 3.8) is 0 Å². The summed E-state index contributed by atoms with van der Waals surface area (Å²) in [5, 5.41) is 4.63. The molecule has 0 bridgehead atoms. The molecule has 9 aromatic rings. The molecule has 11 rings (SSSR count). The molecule has 0 amide bonds. The fourth-order valence-corrected chi connectivity index (χ4v) is 8.39. The Labute approximate surface area is 293 Å². The quantitative estimate of drug-likeness (QED) is 0.190. The first-order chi connectivity index (χ1) is 25.3. The Balaban J connectivity index is 1.22. The van der Waals surface area contributed by atoms with Crippen LogP contribution in [0.1, 0.15) is 11.5 Å². The van der Waals surface area contributed by atoms with Crippen molar-refractivity contribution in [3.8, 4) is 23.3 Å². The van der Waals surface area contributed by atoms with E-state index in [0.29, 0.717) is 17.7 Å². The average Bonchev–Trinajstić information content (AvgIpc) is 3.84. The van der Waals surface area contributed by atoms with Crippen molar-refractivity contribution < 1.29 is 0 Å². The zero-order valence-electron chi connectivity index (χ0n) is 27.5. The maximum Gasteiger partial charge on any atom is 0.240 e. The second kappa shape index (κ2) is 10.9. The third-order valence-corrected chi connectivity index (χ3v) is 10.5. The number of nitrogens with zero attached hydrogens (tertiary/aromatic N) is 6. The highest BCUT2D eigenvalue weighted by Gasteiger charge is 2.38. The average molecular weight is 655 g/mol. The van der Waals surface area contributed by atoms with Crippen LogP contribution < -0.4 is 4.90 Å². The van der Waals surface area contributed by atoms with E-state index in [9.17, 15) is 0 Å². The molecule has 0 saturated heterocycles. The smallest absolute Gasteiger partial charge is 0.240 e. The second-order valence-corrected chi connectivity index (χ2v) is 13.2. The predicted molar refractivity (Wildman–Crippen MR) is 207 cm³/mol. The Hall–Kier alpha value is -6.79. The Bertz CT molecular complexity index is 2670. The summed E-state index contributed by atoms with van der Waals surface area (Å²) in [4.78, 5) is 18.6. The molecule has 0 spiro atoms. The summed E-state index contributed by atoms with van der Waals surface area (Å²) in [6, 6.07) is 51.4. The van der Waals surface area contributed by atoms with Crippen LogP contribution in [0.25, 0.3) is 66.9 Å². The molecule has 4 heterocycles. The number of hydrogen-bond donors (Lipinski definition) is 0. The van der Waals surface area contributed by atoms with Crippen LogP contribution in [0.5, 0.6) is 0 Å². The van der Waals surface area contributed by atoms with Gasteiger partial charge in [0.05, 0.1) is 33.8 Å². The summed E-state index contributed by atoms with van der Waals surface area (Å²) in [5.41, 5.74) is 8.73. The number of rotatable bonds is 4. The van der Waals surface area contributed by atoms with Crippen LogP contribution >= 0.6 is 0 Å². The molecule has 3 aromatic heterocycles. The minimum atomic E-state index is 0.143. The minimum Gasteiger partial charge on any atom is -0.333 e. The number of benzene rings is 6. The van der Waals surface area contributed by atoms with E-state index < -0.39 is 0 Å². The molecule has 240 valence electrons. The summed E-state index contributed by atoms with van der Waals surface area (Å²) in [5.74, 6) is 2.03. The lowest BCUT2D eigenvalue weighted by Crippen LogP contribution is -2.29. The summed E-state index contributed by atoms with van der Waals surface area (Å²) >= 11 is 0. The van der Waals surface area contributed by atoms with Crippen LogP contribution in [0.15, 0.2) is 170 Å². The topological polar surface area (TPSA) is 51.8 Å². The molecule has 0 saturated carbocycles. The molecule has 1 aliphatic carbocycles. The van der Waals surface area contributed by atoms with Gasteiger partial charge in [-0.25, -0.2) is 0 Å². The number of fused-ring (bicyclic) bond motifs is 9. The second-order valence-electron chi connectivity index (χ2n) is 13.2. The zero-order chi connectivity index (χ0) is 33.5. The van der Waals surface area contributed by atoms with E-state index in [1.807, 2.05) is 0 Å². The van der Waals surface area contributed by atoms with Crippen molar-refractivity contribution in [1.29, 1.82) is 0 Å². The highest BCUT2D eigenvalue weighted by Crippen LogP contribution is 2.49. The molecule has 2 unspecified atom stereocenters. The highest BCUT2D eigenvalue weighted by atomic mass is 15.3. The lowest BCUT2D eigenvalue weighted by Gasteiger charge is -2.30. The number of allylic oxidation sites excluding steroid dienone is 2. The molecule has 2 aliphatic rings. The summed E-state index contributed by atoms with van der Waals surface area (Å²) in [6.07, 6.45) is 8.94. The molecule has 0 radical (unpaired) electrons. The van der Waals surface area contributed by atoms with Gasteiger partial charge in [-0.05, 0) is 48.0 Å². The van der Waals surface area contributed by atoms with E-state index in [1.165, 1.54) is 11.3 Å². The van der Waals surface area contributed by atoms with Gasteiger partial charge in [0.25, 0.3) is 0 Å². The lowest BCUT2D eigenvalue weighted by atomic mass is 9.91. The van der Waals surface area contributed by atoms with Crippen LogP contribution in [-0.4, -0.2) is 30.1 Å². The molecule has 2 atom stereocenters. The van der Waals surface area contributed by atoms with E-state index in [4.69, 9.17) is 15.0 Å². The molecule has 6 nitrogen and oxygen atoms in total. The van der Waals surface area contributed by atoms with E-state index >= 15 is 0 Å². The number of para-hydroxylation sites is 6. The summed E-state index contributed by atoms with van der Waals surface area (Å²) in [7, 11) is 0. The van der Waals surface area contributed by atoms with Gasteiger partial charge in [0.15, 0.2) is 5.82 Å². The molecular formula is C45H30N6.